The van der Waals surface area contributed by atoms with Crippen LogP contribution in [0.25, 0.3) is 0 Å². The largest absolute Gasteiger partial charge is 0.490 e. The molecule has 0 aliphatic carbocycles. The molecule has 1 unspecified atom stereocenters. The quantitative estimate of drug-likeness (QED) is 0.584. The molecule has 0 spiro atoms. The van der Waals surface area contributed by atoms with Gasteiger partial charge in [-0.25, -0.2) is 0 Å². The average molecular weight is 264 g/mol. The predicted molar refractivity (Wildman–Crippen MR) is 71.7 cm³/mol. The minimum absolute atomic E-state index is 0.0408. The fraction of sp³-hybridized carbons (Fsp3) is 0.533. The average Bonchev–Trinajstić information content (AvgIpc) is 2.48. The van der Waals surface area contributed by atoms with Crippen LogP contribution >= 0.6 is 0 Å². The molecule has 0 radical (unpaired) electrons. The van der Waals surface area contributed by atoms with E-state index in [1.54, 1.807) is 7.11 Å². The van der Waals surface area contributed by atoms with Crippen molar-refractivity contribution in [3.63, 3.8) is 0 Å². The van der Waals surface area contributed by atoms with E-state index in [2.05, 4.69) is 0 Å². The number of carbonyl (C=O) groups is 1. The highest BCUT2D eigenvalue weighted by molar-refractivity contribution is 6.00. The SMILES string of the molecule is COCCOc1ccccc1C(=O)C1CCCOC1. The van der Waals surface area contributed by atoms with Crippen molar-refractivity contribution in [2.24, 2.45) is 5.92 Å². The number of rotatable bonds is 6. The zero-order valence-electron chi connectivity index (χ0n) is 11.3. The zero-order valence-corrected chi connectivity index (χ0v) is 11.3. The molecular formula is C15H20O4. The Bertz CT molecular complexity index is 410. The molecule has 1 aromatic carbocycles. The molecule has 1 aliphatic rings. The van der Waals surface area contributed by atoms with Gasteiger partial charge in [0.25, 0.3) is 0 Å². The van der Waals surface area contributed by atoms with Crippen LogP contribution in [0.1, 0.15) is 23.2 Å². The van der Waals surface area contributed by atoms with E-state index in [1.165, 1.54) is 0 Å². The molecule has 0 saturated carbocycles. The van der Waals surface area contributed by atoms with Crippen LogP contribution in [0.4, 0.5) is 0 Å². The maximum absolute atomic E-state index is 12.5. The second-order valence-corrected chi connectivity index (χ2v) is 4.62. The summed E-state index contributed by atoms with van der Waals surface area (Å²) >= 11 is 0. The van der Waals surface area contributed by atoms with Gasteiger partial charge in [-0.1, -0.05) is 12.1 Å². The molecular weight excluding hydrogens is 244 g/mol. The van der Waals surface area contributed by atoms with Crippen LogP contribution in [-0.2, 0) is 9.47 Å². The highest BCUT2D eigenvalue weighted by Crippen LogP contribution is 2.25. The van der Waals surface area contributed by atoms with Gasteiger partial charge in [0.1, 0.15) is 12.4 Å². The molecule has 1 atom stereocenters. The monoisotopic (exact) mass is 264 g/mol. The summed E-state index contributed by atoms with van der Waals surface area (Å²) in [6.07, 6.45) is 1.84. The van der Waals surface area contributed by atoms with Gasteiger partial charge in [-0.3, -0.25) is 4.79 Å². The number of carbonyl (C=O) groups excluding carboxylic acids is 1. The Balaban J connectivity index is 2.07. The third-order valence-electron chi connectivity index (χ3n) is 3.23. The van der Waals surface area contributed by atoms with Crippen molar-refractivity contribution in [3.05, 3.63) is 29.8 Å². The van der Waals surface area contributed by atoms with Crippen LogP contribution in [0.5, 0.6) is 5.75 Å². The van der Waals surface area contributed by atoms with Crippen molar-refractivity contribution in [2.75, 3.05) is 33.5 Å². The lowest BCUT2D eigenvalue weighted by Gasteiger charge is -2.21. The van der Waals surface area contributed by atoms with Crippen molar-refractivity contribution in [1.29, 1.82) is 0 Å². The van der Waals surface area contributed by atoms with Crippen LogP contribution in [0.2, 0.25) is 0 Å². The van der Waals surface area contributed by atoms with E-state index in [9.17, 15) is 4.79 Å². The van der Waals surface area contributed by atoms with Crippen LogP contribution < -0.4 is 4.74 Å². The van der Waals surface area contributed by atoms with Gasteiger partial charge in [0.2, 0.25) is 0 Å². The minimum atomic E-state index is -0.0408. The molecule has 1 saturated heterocycles. The maximum atomic E-state index is 12.5. The zero-order chi connectivity index (χ0) is 13.5. The highest BCUT2D eigenvalue weighted by atomic mass is 16.5. The Morgan fingerprint density at radius 2 is 2.21 bits per heavy atom. The van der Waals surface area contributed by atoms with Gasteiger partial charge in [0, 0.05) is 19.6 Å². The maximum Gasteiger partial charge on any atom is 0.171 e. The fourth-order valence-corrected chi connectivity index (χ4v) is 2.20. The molecule has 104 valence electrons. The Labute approximate surface area is 113 Å². The van der Waals surface area contributed by atoms with Crippen molar-refractivity contribution < 1.29 is 19.0 Å². The summed E-state index contributed by atoms with van der Waals surface area (Å²) in [5, 5.41) is 0. The number of benzene rings is 1. The molecule has 2 rings (SSSR count). The van der Waals surface area contributed by atoms with Gasteiger partial charge in [-0.05, 0) is 25.0 Å². The summed E-state index contributed by atoms with van der Waals surface area (Å²) in [6.45, 7) is 2.23. The lowest BCUT2D eigenvalue weighted by molar-refractivity contribution is 0.0458. The highest BCUT2D eigenvalue weighted by Gasteiger charge is 2.25. The third-order valence-corrected chi connectivity index (χ3v) is 3.23. The standard InChI is InChI=1S/C15H20O4/c1-17-9-10-19-14-7-3-2-6-13(14)15(16)12-5-4-8-18-11-12/h2-3,6-7,12H,4-5,8-11H2,1H3. The molecule has 1 aromatic rings. The third kappa shape index (κ3) is 3.78. The first-order valence-electron chi connectivity index (χ1n) is 6.65. The predicted octanol–water partition coefficient (Wildman–Crippen LogP) is 2.32. The van der Waals surface area contributed by atoms with E-state index in [4.69, 9.17) is 14.2 Å². The van der Waals surface area contributed by atoms with E-state index in [0.29, 0.717) is 31.1 Å². The van der Waals surface area contributed by atoms with Crippen LogP contribution in [0.3, 0.4) is 0 Å². The second-order valence-electron chi connectivity index (χ2n) is 4.62. The first-order valence-corrected chi connectivity index (χ1v) is 6.65. The van der Waals surface area contributed by atoms with Gasteiger partial charge in [0.05, 0.1) is 18.8 Å². The van der Waals surface area contributed by atoms with E-state index in [0.717, 1.165) is 19.4 Å². The van der Waals surface area contributed by atoms with Gasteiger partial charge < -0.3 is 14.2 Å². The van der Waals surface area contributed by atoms with E-state index in [1.807, 2.05) is 24.3 Å². The van der Waals surface area contributed by atoms with E-state index >= 15 is 0 Å². The number of hydrogen-bond donors (Lipinski definition) is 0. The Kier molecular flexibility index (Phi) is 5.36. The minimum Gasteiger partial charge on any atom is -0.490 e. The Hall–Kier alpha value is -1.39. The Morgan fingerprint density at radius 1 is 1.37 bits per heavy atom. The molecule has 0 bridgehead atoms. The second kappa shape index (κ2) is 7.26. The summed E-state index contributed by atoms with van der Waals surface area (Å²) in [5.74, 6) is 0.712. The molecule has 0 N–H and O–H groups in total. The number of methoxy groups -OCH3 is 1. The van der Waals surface area contributed by atoms with Crippen LogP contribution in [-0.4, -0.2) is 39.3 Å². The topological polar surface area (TPSA) is 44.8 Å². The first kappa shape index (κ1) is 14.0. The van der Waals surface area contributed by atoms with Gasteiger partial charge in [-0.2, -0.15) is 0 Å². The number of hydrogen-bond acceptors (Lipinski definition) is 4. The summed E-state index contributed by atoms with van der Waals surface area (Å²) in [5.41, 5.74) is 0.647. The summed E-state index contributed by atoms with van der Waals surface area (Å²) in [7, 11) is 1.62. The number of ether oxygens (including phenoxy) is 3. The smallest absolute Gasteiger partial charge is 0.171 e. The summed E-state index contributed by atoms with van der Waals surface area (Å²) in [4.78, 5) is 12.5. The number of ketones is 1. The van der Waals surface area contributed by atoms with Crippen molar-refractivity contribution in [2.45, 2.75) is 12.8 Å². The lowest BCUT2D eigenvalue weighted by atomic mass is 9.92. The van der Waals surface area contributed by atoms with Crippen molar-refractivity contribution in [1.82, 2.24) is 0 Å². The van der Waals surface area contributed by atoms with Crippen LogP contribution in [0, 0.1) is 5.92 Å². The normalized spacial score (nSPS) is 19.1. The molecule has 0 amide bonds. The van der Waals surface area contributed by atoms with E-state index in [-0.39, 0.29) is 11.7 Å². The van der Waals surface area contributed by atoms with Crippen molar-refractivity contribution in [3.8, 4) is 5.75 Å². The molecule has 1 heterocycles. The van der Waals surface area contributed by atoms with Gasteiger partial charge in [0.15, 0.2) is 5.78 Å². The summed E-state index contributed by atoms with van der Waals surface area (Å²) in [6, 6.07) is 7.38. The number of para-hydroxylation sites is 1. The Morgan fingerprint density at radius 3 is 2.95 bits per heavy atom. The van der Waals surface area contributed by atoms with Gasteiger partial charge >= 0.3 is 0 Å². The van der Waals surface area contributed by atoms with Crippen molar-refractivity contribution >= 4 is 5.78 Å². The van der Waals surface area contributed by atoms with E-state index < -0.39 is 0 Å². The first-order chi connectivity index (χ1) is 9.33. The fourth-order valence-electron chi connectivity index (χ4n) is 2.20. The molecule has 4 heteroatoms. The van der Waals surface area contributed by atoms with Crippen LogP contribution in [0.15, 0.2) is 24.3 Å². The molecule has 19 heavy (non-hydrogen) atoms. The molecule has 4 nitrogen and oxygen atoms in total. The molecule has 1 fully saturated rings. The molecule has 1 aliphatic heterocycles. The number of Topliss-reactive ketones (excluding diaryl/α,β-unsaturated/α-hetero) is 1. The molecule has 0 aromatic heterocycles. The van der Waals surface area contributed by atoms with Gasteiger partial charge in [-0.15, -0.1) is 0 Å². The summed E-state index contributed by atoms with van der Waals surface area (Å²) < 4.78 is 15.9. The lowest BCUT2D eigenvalue weighted by Crippen LogP contribution is -2.25.